The van der Waals surface area contributed by atoms with Crippen LogP contribution < -0.4 is 0 Å². The number of rotatable bonds is 5. The standard InChI is InChI=1S/C31H34/c1-3-23-12-15-26(16-13-23)30-19-17-27(29-10-7-11-31(29)30)21-24-14-18-28(22(2)20-24)25-8-5-4-6-9-25/h7,10-20,25,31H,3-6,8-9,21H2,1-2H3. The molecule has 2 aromatic carbocycles. The van der Waals surface area contributed by atoms with Gasteiger partial charge in [0.15, 0.2) is 0 Å². The molecule has 2 aromatic rings. The van der Waals surface area contributed by atoms with E-state index >= 15 is 0 Å². The van der Waals surface area contributed by atoms with Gasteiger partial charge in [-0.3, -0.25) is 0 Å². The third-order valence-corrected chi connectivity index (χ3v) is 7.55. The van der Waals surface area contributed by atoms with Gasteiger partial charge >= 0.3 is 0 Å². The van der Waals surface area contributed by atoms with Crippen molar-refractivity contribution in [2.24, 2.45) is 5.92 Å². The summed E-state index contributed by atoms with van der Waals surface area (Å²) in [5.74, 6) is 1.18. The van der Waals surface area contributed by atoms with Gasteiger partial charge in [0.2, 0.25) is 0 Å². The van der Waals surface area contributed by atoms with Crippen LogP contribution in [-0.4, -0.2) is 0 Å². The van der Waals surface area contributed by atoms with Crippen LogP contribution in [0.2, 0.25) is 0 Å². The van der Waals surface area contributed by atoms with Crippen LogP contribution in [0.5, 0.6) is 0 Å². The lowest BCUT2D eigenvalue weighted by Crippen LogP contribution is -2.10. The van der Waals surface area contributed by atoms with Gasteiger partial charge in [0.25, 0.3) is 0 Å². The molecule has 0 N–H and O–H groups in total. The number of fused-ring (bicyclic) bond motifs is 1. The monoisotopic (exact) mass is 406 g/mol. The van der Waals surface area contributed by atoms with Crippen molar-refractivity contribution in [2.75, 3.05) is 0 Å². The zero-order valence-electron chi connectivity index (χ0n) is 19.0. The number of benzene rings is 2. The maximum absolute atomic E-state index is 2.45. The van der Waals surface area contributed by atoms with Crippen molar-refractivity contribution in [3.05, 3.63) is 112 Å². The summed E-state index contributed by atoms with van der Waals surface area (Å²) in [6.07, 6.45) is 20.7. The third kappa shape index (κ3) is 4.13. The zero-order valence-corrected chi connectivity index (χ0v) is 19.0. The molecule has 0 saturated heterocycles. The Labute approximate surface area is 188 Å². The molecular weight excluding hydrogens is 372 g/mol. The molecule has 0 bridgehead atoms. The van der Waals surface area contributed by atoms with Crippen molar-refractivity contribution in [2.45, 2.75) is 64.7 Å². The SMILES string of the molecule is CCc1ccc(C2=CC=C(Cc3ccc(C4CCCCC4)c(C)c3)C3=CC=CC32)cc1. The van der Waals surface area contributed by atoms with Gasteiger partial charge < -0.3 is 0 Å². The summed E-state index contributed by atoms with van der Waals surface area (Å²) in [6.45, 7) is 4.54. The maximum atomic E-state index is 2.45. The van der Waals surface area contributed by atoms with Crippen molar-refractivity contribution in [1.29, 1.82) is 0 Å². The van der Waals surface area contributed by atoms with E-state index < -0.39 is 0 Å². The zero-order chi connectivity index (χ0) is 21.2. The number of hydrogen-bond acceptors (Lipinski definition) is 0. The quantitative estimate of drug-likeness (QED) is 0.468. The molecule has 0 nitrogen and oxygen atoms in total. The minimum atomic E-state index is 0.398. The Kier molecular flexibility index (Phi) is 5.81. The number of allylic oxidation sites excluding steroid dienone is 8. The predicted molar refractivity (Wildman–Crippen MR) is 133 cm³/mol. The highest BCUT2D eigenvalue weighted by Crippen LogP contribution is 2.42. The van der Waals surface area contributed by atoms with E-state index in [1.165, 1.54) is 71.1 Å². The molecule has 1 unspecified atom stereocenters. The van der Waals surface area contributed by atoms with Crippen molar-refractivity contribution in [3.63, 3.8) is 0 Å². The van der Waals surface area contributed by atoms with E-state index in [1.54, 1.807) is 5.56 Å². The first-order valence-electron chi connectivity index (χ1n) is 12.2. The topological polar surface area (TPSA) is 0 Å². The summed E-state index contributed by atoms with van der Waals surface area (Å²) >= 11 is 0. The molecule has 1 saturated carbocycles. The Hall–Kier alpha value is -2.60. The van der Waals surface area contributed by atoms with Crippen molar-refractivity contribution < 1.29 is 0 Å². The molecule has 0 radical (unpaired) electrons. The first kappa shape index (κ1) is 20.3. The van der Waals surface area contributed by atoms with Gasteiger partial charge in [0.05, 0.1) is 0 Å². The fraction of sp³-hybridized carbons (Fsp3) is 0.355. The molecule has 0 aromatic heterocycles. The van der Waals surface area contributed by atoms with Gasteiger partial charge in [-0.25, -0.2) is 0 Å². The Morgan fingerprint density at radius 3 is 2.32 bits per heavy atom. The van der Waals surface area contributed by atoms with E-state index in [2.05, 4.69) is 86.7 Å². The molecule has 0 spiro atoms. The smallest absolute Gasteiger partial charge is 0.0281 e. The summed E-state index contributed by atoms with van der Waals surface area (Å²) in [5.41, 5.74) is 11.7. The molecule has 0 heterocycles. The minimum Gasteiger partial charge on any atom is -0.0726 e. The van der Waals surface area contributed by atoms with Gasteiger partial charge in [-0.2, -0.15) is 0 Å². The summed E-state index contributed by atoms with van der Waals surface area (Å²) < 4.78 is 0. The van der Waals surface area contributed by atoms with Crippen LogP contribution in [0.3, 0.4) is 0 Å². The van der Waals surface area contributed by atoms with E-state index in [-0.39, 0.29) is 0 Å². The lowest BCUT2D eigenvalue weighted by molar-refractivity contribution is 0.442. The highest BCUT2D eigenvalue weighted by atomic mass is 14.3. The number of hydrogen-bond donors (Lipinski definition) is 0. The molecule has 5 rings (SSSR count). The Bertz CT molecular complexity index is 1070. The van der Waals surface area contributed by atoms with E-state index in [4.69, 9.17) is 0 Å². The first-order valence-corrected chi connectivity index (χ1v) is 12.2. The Morgan fingerprint density at radius 2 is 1.58 bits per heavy atom. The third-order valence-electron chi connectivity index (χ3n) is 7.55. The van der Waals surface area contributed by atoms with Crippen LogP contribution >= 0.6 is 0 Å². The van der Waals surface area contributed by atoms with E-state index in [1.807, 2.05) is 0 Å². The van der Waals surface area contributed by atoms with E-state index in [0.29, 0.717) is 5.92 Å². The molecule has 0 amide bonds. The highest BCUT2D eigenvalue weighted by Gasteiger charge is 2.26. The summed E-state index contributed by atoms with van der Waals surface area (Å²) in [4.78, 5) is 0. The van der Waals surface area contributed by atoms with Crippen LogP contribution in [0.4, 0.5) is 0 Å². The molecular formula is C31H34. The Morgan fingerprint density at radius 1 is 0.806 bits per heavy atom. The summed E-state index contributed by atoms with van der Waals surface area (Å²) in [6, 6.07) is 16.4. The van der Waals surface area contributed by atoms with E-state index in [9.17, 15) is 0 Å². The van der Waals surface area contributed by atoms with Gasteiger partial charge in [-0.1, -0.05) is 99.0 Å². The lowest BCUT2D eigenvalue weighted by atomic mass is 9.78. The second-order valence-corrected chi connectivity index (χ2v) is 9.55. The fourth-order valence-electron chi connectivity index (χ4n) is 5.75. The van der Waals surface area contributed by atoms with Crippen molar-refractivity contribution in [3.8, 4) is 0 Å². The second-order valence-electron chi connectivity index (χ2n) is 9.55. The highest BCUT2D eigenvalue weighted by molar-refractivity contribution is 5.78. The molecule has 3 aliphatic rings. The molecule has 0 heteroatoms. The second kappa shape index (κ2) is 8.87. The molecule has 1 atom stereocenters. The average molecular weight is 407 g/mol. The van der Waals surface area contributed by atoms with Gasteiger partial charge in [-0.05, 0) is 83.1 Å². The Balaban J connectivity index is 1.38. The van der Waals surface area contributed by atoms with Crippen LogP contribution in [-0.2, 0) is 12.8 Å². The van der Waals surface area contributed by atoms with Crippen LogP contribution in [0.15, 0.2) is 84.0 Å². The fourth-order valence-corrected chi connectivity index (χ4v) is 5.75. The van der Waals surface area contributed by atoms with Gasteiger partial charge in [-0.15, -0.1) is 0 Å². The summed E-state index contributed by atoms with van der Waals surface area (Å²) in [7, 11) is 0. The van der Waals surface area contributed by atoms with Crippen molar-refractivity contribution in [1.82, 2.24) is 0 Å². The first-order chi connectivity index (χ1) is 15.2. The molecule has 31 heavy (non-hydrogen) atoms. The average Bonchev–Trinajstić information content (AvgIpc) is 3.31. The predicted octanol–water partition coefficient (Wildman–Crippen LogP) is 8.28. The maximum Gasteiger partial charge on any atom is 0.0281 e. The molecule has 0 aliphatic heterocycles. The van der Waals surface area contributed by atoms with Crippen LogP contribution in [0.1, 0.15) is 72.8 Å². The minimum absolute atomic E-state index is 0.398. The van der Waals surface area contributed by atoms with Gasteiger partial charge in [0, 0.05) is 5.92 Å². The van der Waals surface area contributed by atoms with Crippen molar-refractivity contribution >= 4 is 5.57 Å². The molecule has 3 aliphatic carbocycles. The largest absolute Gasteiger partial charge is 0.0726 e. The summed E-state index contributed by atoms with van der Waals surface area (Å²) in [5, 5.41) is 0. The molecule has 1 fully saturated rings. The number of aryl methyl sites for hydroxylation is 2. The molecule has 158 valence electrons. The van der Waals surface area contributed by atoms with Crippen LogP contribution in [0.25, 0.3) is 5.57 Å². The van der Waals surface area contributed by atoms with E-state index in [0.717, 1.165) is 18.8 Å². The van der Waals surface area contributed by atoms with Crippen LogP contribution in [0, 0.1) is 12.8 Å². The van der Waals surface area contributed by atoms with Gasteiger partial charge in [0.1, 0.15) is 0 Å². The lowest BCUT2D eigenvalue weighted by Gasteiger charge is -2.26. The normalized spacial score (nSPS) is 20.8.